The highest BCUT2D eigenvalue weighted by Crippen LogP contribution is 2.31. The maximum absolute atomic E-state index is 13.6. The minimum Gasteiger partial charge on any atom is -0.318 e. The molecule has 4 rings (SSSR count). The molecule has 0 unspecified atom stereocenters. The molecule has 0 fully saturated rings. The minimum absolute atomic E-state index is 0.0528. The molecule has 0 saturated carbocycles. The third kappa shape index (κ3) is 6.05. The van der Waals surface area contributed by atoms with Crippen LogP contribution in [0.5, 0.6) is 0 Å². The number of hydrogen-bond acceptors (Lipinski definition) is 4. The van der Waals surface area contributed by atoms with Gasteiger partial charge in [0, 0.05) is 27.7 Å². The molecule has 0 bridgehead atoms. The van der Waals surface area contributed by atoms with E-state index in [4.69, 9.17) is 11.6 Å². The van der Waals surface area contributed by atoms with Crippen molar-refractivity contribution in [2.75, 3.05) is 10.8 Å². The first-order valence-electron chi connectivity index (χ1n) is 12.1. The molecule has 0 aliphatic carbocycles. The number of aryl methyl sites for hydroxylation is 2. The smallest absolute Gasteiger partial charge is 0.264 e. The number of rotatable bonds is 8. The first-order valence-corrected chi connectivity index (χ1v) is 13.9. The Labute approximate surface area is 232 Å². The number of carbonyl (C=O) groups excluding carboxylic acids is 1. The zero-order valence-electron chi connectivity index (χ0n) is 21.9. The highest BCUT2D eigenvalue weighted by atomic mass is 35.5. The van der Waals surface area contributed by atoms with Crippen LogP contribution < -0.4 is 9.73 Å². The summed E-state index contributed by atoms with van der Waals surface area (Å²) < 4.78 is 43.6. The Morgan fingerprint density at radius 1 is 1.03 bits per heavy atom. The van der Waals surface area contributed by atoms with Crippen LogP contribution in [0.3, 0.4) is 0 Å². The Morgan fingerprint density at radius 2 is 1.69 bits per heavy atom. The number of amides is 1. The maximum Gasteiger partial charge on any atom is 0.264 e. The van der Waals surface area contributed by atoms with Gasteiger partial charge in [-0.1, -0.05) is 35.4 Å². The number of anilines is 1. The Bertz CT molecular complexity index is 1650. The lowest BCUT2D eigenvalue weighted by Gasteiger charge is -2.25. The number of carbonyl (C=O) groups is 1. The van der Waals surface area contributed by atoms with Crippen molar-refractivity contribution < 1.29 is 17.6 Å². The van der Waals surface area contributed by atoms with E-state index in [1.54, 1.807) is 49.4 Å². The van der Waals surface area contributed by atoms with Gasteiger partial charge in [0.25, 0.3) is 15.9 Å². The fraction of sp³-hybridized carbons (Fsp3) is 0.172. The number of nitrogens with one attached hydrogen (secondary N) is 1. The molecule has 0 atom stereocenters. The predicted octanol–water partition coefficient (Wildman–Crippen LogP) is 5.85. The predicted molar refractivity (Wildman–Crippen MR) is 153 cm³/mol. The van der Waals surface area contributed by atoms with Crippen LogP contribution in [0, 0.1) is 33.5 Å². The lowest BCUT2D eigenvalue weighted by atomic mass is 10.2. The molecule has 0 radical (unpaired) electrons. The summed E-state index contributed by atoms with van der Waals surface area (Å²) in [7, 11) is -4.09. The molecule has 0 aliphatic rings. The summed E-state index contributed by atoms with van der Waals surface area (Å²) in [5, 5.41) is 4.45. The molecule has 1 N–H and O–H groups in total. The first-order chi connectivity index (χ1) is 18.5. The molecule has 0 spiro atoms. The van der Waals surface area contributed by atoms with E-state index in [0.717, 1.165) is 32.5 Å². The van der Waals surface area contributed by atoms with Crippen LogP contribution in [-0.4, -0.2) is 31.7 Å². The summed E-state index contributed by atoms with van der Waals surface area (Å²) in [6.45, 7) is 6.84. The average molecular weight is 567 g/mol. The van der Waals surface area contributed by atoms with Gasteiger partial charge in [-0.2, -0.15) is 5.10 Å². The van der Waals surface area contributed by atoms with E-state index in [9.17, 15) is 17.6 Å². The fourth-order valence-electron chi connectivity index (χ4n) is 4.25. The molecule has 1 amide bonds. The summed E-state index contributed by atoms with van der Waals surface area (Å²) in [4.78, 5) is 13.0. The third-order valence-electron chi connectivity index (χ3n) is 6.35. The van der Waals surface area contributed by atoms with Gasteiger partial charge in [0.05, 0.1) is 16.8 Å². The number of aromatic nitrogens is 1. The molecule has 1 aromatic heterocycles. The average Bonchev–Trinajstić information content (AvgIpc) is 3.18. The molecule has 39 heavy (non-hydrogen) atoms. The number of nitrogens with zero attached hydrogens (tertiary/aromatic N) is 3. The fourth-order valence-corrected chi connectivity index (χ4v) is 5.90. The van der Waals surface area contributed by atoms with Crippen LogP contribution in [0.25, 0.3) is 5.69 Å². The molecule has 0 saturated heterocycles. The number of benzene rings is 3. The van der Waals surface area contributed by atoms with E-state index >= 15 is 0 Å². The van der Waals surface area contributed by atoms with Gasteiger partial charge >= 0.3 is 0 Å². The number of hydrogen-bond donors (Lipinski definition) is 1. The van der Waals surface area contributed by atoms with Gasteiger partial charge in [0.1, 0.15) is 12.4 Å². The van der Waals surface area contributed by atoms with Gasteiger partial charge in [-0.05, 0) is 87.9 Å². The summed E-state index contributed by atoms with van der Waals surface area (Å²) in [6, 6.07) is 19.3. The minimum atomic E-state index is -4.09. The van der Waals surface area contributed by atoms with Crippen LogP contribution in [0.15, 0.2) is 82.8 Å². The highest BCUT2D eigenvalue weighted by molar-refractivity contribution is 7.92. The van der Waals surface area contributed by atoms with Crippen LogP contribution in [0.1, 0.15) is 28.1 Å². The highest BCUT2D eigenvalue weighted by Gasteiger charge is 2.28. The zero-order valence-corrected chi connectivity index (χ0v) is 23.5. The van der Waals surface area contributed by atoms with E-state index in [0.29, 0.717) is 16.3 Å². The molecule has 3 aromatic carbocycles. The molecule has 7 nitrogen and oxygen atoms in total. The van der Waals surface area contributed by atoms with Crippen LogP contribution >= 0.6 is 11.6 Å². The van der Waals surface area contributed by atoms with E-state index in [-0.39, 0.29) is 10.7 Å². The monoisotopic (exact) mass is 566 g/mol. The topological polar surface area (TPSA) is 83.8 Å². The van der Waals surface area contributed by atoms with Crippen LogP contribution in [-0.2, 0) is 14.8 Å². The van der Waals surface area contributed by atoms with Gasteiger partial charge in [0.15, 0.2) is 0 Å². The quantitative estimate of drug-likeness (QED) is 0.214. The van der Waals surface area contributed by atoms with Crippen molar-refractivity contribution >= 4 is 39.4 Å². The summed E-state index contributed by atoms with van der Waals surface area (Å²) >= 11 is 6.28. The van der Waals surface area contributed by atoms with Gasteiger partial charge in [-0.15, -0.1) is 0 Å². The Hall–Kier alpha value is -3.95. The zero-order chi connectivity index (χ0) is 28.3. The van der Waals surface area contributed by atoms with Crippen LogP contribution in [0.2, 0.25) is 5.02 Å². The molecule has 202 valence electrons. The van der Waals surface area contributed by atoms with E-state index in [1.807, 2.05) is 31.4 Å². The largest absolute Gasteiger partial charge is 0.318 e. The number of sulfonamides is 1. The first kappa shape index (κ1) is 28.1. The van der Waals surface area contributed by atoms with Crippen molar-refractivity contribution in [2.24, 2.45) is 5.10 Å². The van der Waals surface area contributed by atoms with Gasteiger partial charge < -0.3 is 4.57 Å². The van der Waals surface area contributed by atoms with Crippen molar-refractivity contribution in [3.63, 3.8) is 0 Å². The lowest BCUT2D eigenvalue weighted by molar-refractivity contribution is -0.119. The standard InChI is InChI=1S/C29H28ClFN4O3S/c1-19-8-14-26(15-9-19)39(37,38)34(28-7-5-6-27(30)21(28)3)18-29(36)33-32-17-23-16-20(2)35(22(23)4)25-12-10-24(31)11-13-25/h5-17H,18H2,1-4H3,(H,33,36)/b32-17-. The normalized spacial score (nSPS) is 11.6. The van der Waals surface area contributed by atoms with Crippen molar-refractivity contribution in [3.8, 4) is 5.69 Å². The van der Waals surface area contributed by atoms with Gasteiger partial charge in [-0.25, -0.2) is 18.2 Å². The van der Waals surface area contributed by atoms with E-state index in [2.05, 4.69) is 10.5 Å². The van der Waals surface area contributed by atoms with E-state index in [1.165, 1.54) is 30.5 Å². The summed E-state index contributed by atoms with van der Waals surface area (Å²) in [5.74, 6) is -0.953. The Kier molecular flexibility index (Phi) is 8.22. The second-order valence-electron chi connectivity index (χ2n) is 9.14. The van der Waals surface area contributed by atoms with Gasteiger partial charge in [-0.3, -0.25) is 9.10 Å². The molecule has 4 aromatic rings. The molecular weight excluding hydrogens is 539 g/mol. The second kappa shape index (κ2) is 11.4. The van der Waals surface area contributed by atoms with Crippen molar-refractivity contribution in [3.05, 3.63) is 112 Å². The number of halogens is 2. The summed E-state index contributed by atoms with van der Waals surface area (Å²) in [5.41, 5.74) is 7.45. The second-order valence-corrected chi connectivity index (χ2v) is 11.4. The molecule has 1 heterocycles. The number of hydrazone groups is 1. The molecular formula is C29H28ClFN4O3S. The van der Waals surface area contributed by atoms with Crippen LogP contribution in [0.4, 0.5) is 10.1 Å². The van der Waals surface area contributed by atoms with Crippen molar-refractivity contribution in [1.29, 1.82) is 0 Å². The van der Waals surface area contributed by atoms with E-state index < -0.39 is 22.5 Å². The third-order valence-corrected chi connectivity index (χ3v) is 8.54. The SMILES string of the molecule is Cc1ccc(S(=O)(=O)N(CC(=O)N/N=C\c2cc(C)n(-c3ccc(F)cc3)c2C)c2cccc(Cl)c2C)cc1. The Morgan fingerprint density at radius 3 is 2.36 bits per heavy atom. The Balaban J connectivity index is 1.58. The maximum atomic E-state index is 13.6. The van der Waals surface area contributed by atoms with Crippen molar-refractivity contribution in [2.45, 2.75) is 32.6 Å². The lowest BCUT2D eigenvalue weighted by Crippen LogP contribution is -2.40. The van der Waals surface area contributed by atoms with Crippen molar-refractivity contribution in [1.82, 2.24) is 9.99 Å². The van der Waals surface area contributed by atoms with Gasteiger partial charge in [0.2, 0.25) is 0 Å². The molecule has 10 heteroatoms. The molecule has 0 aliphatic heterocycles. The summed E-state index contributed by atoms with van der Waals surface area (Å²) in [6.07, 6.45) is 1.49.